The summed E-state index contributed by atoms with van der Waals surface area (Å²) in [5, 5.41) is 14.0. The number of benzene rings is 2. The van der Waals surface area contributed by atoms with E-state index in [9.17, 15) is 14.9 Å². The van der Waals surface area contributed by atoms with Crippen LogP contribution in [0.4, 0.5) is 5.69 Å². The molecule has 0 aliphatic heterocycles. The van der Waals surface area contributed by atoms with Gasteiger partial charge in [0, 0.05) is 12.6 Å². The van der Waals surface area contributed by atoms with Gasteiger partial charge in [0.2, 0.25) is 0 Å². The van der Waals surface area contributed by atoms with Gasteiger partial charge >= 0.3 is 0 Å². The molecule has 0 aliphatic carbocycles. The number of ether oxygens (including phenoxy) is 3. The summed E-state index contributed by atoms with van der Waals surface area (Å²) in [6.45, 7) is 2.44. The molecule has 8 nitrogen and oxygen atoms in total. The third-order valence-corrected chi connectivity index (χ3v) is 3.88. The van der Waals surface area contributed by atoms with Crippen molar-refractivity contribution >= 4 is 11.6 Å². The van der Waals surface area contributed by atoms with Gasteiger partial charge in [-0.2, -0.15) is 0 Å². The highest BCUT2D eigenvalue weighted by Crippen LogP contribution is 2.34. The molecule has 8 heteroatoms. The Kier molecular flexibility index (Phi) is 6.99. The number of nitro groups is 1. The smallest absolute Gasteiger partial charge is 0.286 e. The Morgan fingerprint density at radius 2 is 1.81 bits per heavy atom. The topological polar surface area (TPSA) is 99.9 Å². The van der Waals surface area contributed by atoms with Crippen molar-refractivity contribution in [2.45, 2.75) is 13.3 Å². The lowest BCUT2D eigenvalue weighted by Gasteiger charge is -2.12. The Labute approximate surface area is 157 Å². The minimum atomic E-state index is -0.614. The fourth-order valence-electron chi connectivity index (χ4n) is 2.52. The number of nitrogens with one attached hydrogen (secondary N) is 1. The molecule has 2 aromatic rings. The highest BCUT2D eigenvalue weighted by atomic mass is 16.6. The van der Waals surface area contributed by atoms with Crippen molar-refractivity contribution in [2.24, 2.45) is 0 Å². The van der Waals surface area contributed by atoms with Crippen LogP contribution in [0.3, 0.4) is 0 Å². The van der Waals surface area contributed by atoms with Crippen LogP contribution in [-0.4, -0.2) is 38.2 Å². The van der Waals surface area contributed by atoms with Crippen LogP contribution >= 0.6 is 0 Å². The Hall–Kier alpha value is -3.29. The van der Waals surface area contributed by atoms with Gasteiger partial charge in [0.25, 0.3) is 11.6 Å². The quantitative estimate of drug-likeness (QED) is 0.535. The van der Waals surface area contributed by atoms with Gasteiger partial charge in [-0.05, 0) is 31.0 Å². The van der Waals surface area contributed by atoms with Crippen molar-refractivity contribution in [2.75, 3.05) is 27.4 Å². The molecule has 2 rings (SSSR count). The summed E-state index contributed by atoms with van der Waals surface area (Å²) in [5.74, 6) is 0.697. The minimum absolute atomic E-state index is 0.0704. The van der Waals surface area contributed by atoms with E-state index in [2.05, 4.69) is 5.32 Å². The Morgan fingerprint density at radius 3 is 2.37 bits per heavy atom. The molecule has 0 aliphatic rings. The summed E-state index contributed by atoms with van der Waals surface area (Å²) in [5.41, 5.74) is 0.603. The van der Waals surface area contributed by atoms with Crippen molar-refractivity contribution in [1.29, 1.82) is 0 Å². The summed E-state index contributed by atoms with van der Waals surface area (Å²) in [7, 11) is 2.98. The molecular formula is C19H22N2O6. The molecule has 0 bridgehead atoms. The van der Waals surface area contributed by atoms with E-state index in [0.29, 0.717) is 19.6 Å². The maximum absolute atomic E-state index is 12.5. The molecule has 0 heterocycles. The fraction of sp³-hybridized carbons (Fsp3) is 0.316. The van der Waals surface area contributed by atoms with Crippen LogP contribution in [0.5, 0.6) is 17.2 Å². The van der Waals surface area contributed by atoms with Gasteiger partial charge < -0.3 is 19.5 Å². The summed E-state index contributed by atoms with van der Waals surface area (Å²) >= 11 is 0. The normalized spacial score (nSPS) is 10.2. The summed E-state index contributed by atoms with van der Waals surface area (Å²) in [6.07, 6.45) is 0.581. The van der Waals surface area contributed by atoms with E-state index < -0.39 is 10.8 Å². The zero-order chi connectivity index (χ0) is 19.8. The maximum atomic E-state index is 12.5. The Morgan fingerprint density at radius 1 is 1.11 bits per heavy atom. The highest BCUT2D eigenvalue weighted by molar-refractivity contribution is 5.99. The van der Waals surface area contributed by atoms with Crippen molar-refractivity contribution in [3.8, 4) is 17.2 Å². The van der Waals surface area contributed by atoms with Gasteiger partial charge in [-0.1, -0.05) is 12.1 Å². The average molecular weight is 374 g/mol. The lowest BCUT2D eigenvalue weighted by atomic mass is 10.1. The molecule has 1 N–H and O–H groups in total. The molecule has 0 fully saturated rings. The lowest BCUT2D eigenvalue weighted by molar-refractivity contribution is -0.385. The molecule has 0 atom stereocenters. The molecule has 144 valence electrons. The number of methoxy groups -OCH3 is 2. The number of nitrogens with zero attached hydrogens (tertiary/aromatic N) is 1. The molecule has 0 saturated carbocycles. The van der Waals surface area contributed by atoms with Gasteiger partial charge in [-0.15, -0.1) is 0 Å². The van der Waals surface area contributed by atoms with Crippen LogP contribution in [0.2, 0.25) is 0 Å². The third kappa shape index (κ3) is 5.10. The first-order valence-electron chi connectivity index (χ1n) is 8.40. The Bertz CT molecular complexity index is 805. The van der Waals surface area contributed by atoms with E-state index in [1.807, 2.05) is 24.3 Å². The van der Waals surface area contributed by atoms with Crippen LogP contribution in [0.25, 0.3) is 0 Å². The zero-order valence-electron chi connectivity index (χ0n) is 15.5. The third-order valence-electron chi connectivity index (χ3n) is 3.88. The van der Waals surface area contributed by atoms with Crippen LogP contribution in [0.15, 0.2) is 36.4 Å². The SMILES string of the molecule is CCOc1cc(C(=O)NCCc2ccc(OC)cc2)c([N+](=O)[O-])cc1OC. The molecule has 0 unspecified atom stereocenters. The number of hydrogen-bond donors (Lipinski definition) is 1. The predicted octanol–water partition coefficient (Wildman–Crippen LogP) is 2.98. The highest BCUT2D eigenvalue weighted by Gasteiger charge is 2.24. The number of carbonyl (C=O) groups excluding carboxylic acids is 1. The van der Waals surface area contributed by atoms with Crippen molar-refractivity contribution in [3.05, 3.63) is 57.6 Å². The second-order valence-corrected chi connectivity index (χ2v) is 5.56. The maximum Gasteiger partial charge on any atom is 0.286 e. The summed E-state index contributed by atoms with van der Waals surface area (Å²) in [4.78, 5) is 23.2. The predicted molar refractivity (Wildman–Crippen MR) is 99.8 cm³/mol. The first-order chi connectivity index (χ1) is 13.0. The van der Waals surface area contributed by atoms with Gasteiger partial charge in [0.05, 0.1) is 31.8 Å². The summed E-state index contributed by atoms with van der Waals surface area (Å²) < 4.78 is 15.6. The number of rotatable bonds is 9. The molecule has 27 heavy (non-hydrogen) atoms. The number of nitro benzene ring substituents is 1. The first-order valence-corrected chi connectivity index (χ1v) is 8.40. The van der Waals surface area contributed by atoms with Gasteiger partial charge in [0.15, 0.2) is 11.5 Å². The van der Waals surface area contributed by atoms with E-state index in [-0.39, 0.29) is 22.7 Å². The van der Waals surface area contributed by atoms with E-state index in [1.165, 1.54) is 19.2 Å². The molecule has 0 aromatic heterocycles. The molecule has 0 spiro atoms. The minimum Gasteiger partial charge on any atom is -0.497 e. The Balaban J connectivity index is 2.13. The van der Waals surface area contributed by atoms with E-state index in [4.69, 9.17) is 14.2 Å². The average Bonchev–Trinajstić information content (AvgIpc) is 2.68. The van der Waals surface area contributed by atoms with Gasteiger partial charge in [0.1, 0.15) is 11.3 Å². The largest absolute Gasteiger partial charge is 0.497 e. The monoisotopic (exact) mass is 374 g/mol. The van der Waals surface area contributed by atoms with Crippen molar-refractivity contribution < 1.29 is 23.9 Å². The van der Waals surface area contributed by atoms with Gasteiger partial charge in [-0.25, -0.2) is 0 Å². The second kappa shape index (κ2) is 9.42. The van der Waals surface area contributed by atoms with Gasteiger partial charge in [-0.3, -0.25) is 14.9 Å². The van der Waals surface area contributed by atoms with Crippen LogP contribution in [-0.2, 0) is 6.42 Å². The number of hydrogen-bond acceptors (Lipinski definition) is 6. The van der Waals surface area contributed by atoms with Crippen LogP contribution in [0, 0.1) is 10.1 Å². The second-order valence-electron chi connectivity index (χ2n) is 5.56. The van der Waals surface area contributed by atoms with Crippen molar-refractivity contribution in [1.82, 2.24) is 5.32 Å². The van der Waals surface area contributed by atoms with E-state index in [0.717, 1.165) is 11.3 Å². The van der Waals surface area contributed by atoms with E-state index in [1.54, 1.807) is 14.0 Å². The summed E-state index contributed by atoms with van der Waals surface area (Å²) in [6, 6.07) is 9.99. The fourth-order valence-corrected chi connectivity index (χ4v) is 2.52. The zero-order valence-corrected chi connectivity index (χ0v) is 15.5. The molecule has 0 radical (unpaired) electrons. The molecular weight excluding hydrogens is 352 g/mol. The standard InChI is InChI=1S/C19H22N2O6/c1-4-27-18-11-15(16(21(23)24)12-17(18)26-3)19(22)20-10-9-13-5-7-14(25-2)8-6-13/h5-8,11-12H,4,9-10H2,1-3H3,(H,20,22). The first kappa shape index (κ1) is 20.0. The van der Waals surface area contributed by atoms with Crippen molar-refractivity contribution in [3.63, 3.8) is 0 Å². The van der Waals surface area contributed by atoms with E-state index >= 15 is 0 Å². The number of carbonyl (C=O) groups is 1. The van der Waals surface area contributed by atoms with Crippen LogP contribution in [0.1, 0.15) is 22.8 Å². The lowest BCUT2D eigenvalue weighted by Crippen LogP contribution is -2.26. The number of amides is 1. The van der Waals surface area contributed by atoms with Crippen LogP contribution < -0.4 is 19.5 Å². The molecule has 0 saturated heterocycles. The molecule has 2 aromatic carbocycles. The molecule has 1 amide bonds.